The van der Waals surface area contributed by atoms with E-state index in [0.29, 0.717) is 12.5 Å². The fourth-order valence-electron chi connectivity index (χ4n) is 3.56. The summed E-state index contributed by atoms with van der Waals surface area (Å²) in [5.41, 5.74) is 11.5. The first-order valence-corrected chi connectivity index (χ1v) is 8.79. The highest BCUT2D eigenvalue weighted by Gasteiger charge is 2.30. The Labute approximate surface area is 152 Å². The van der Waals surface area contributed by atoms with Gasteiger partial charge in [-0.1, -0.05) is 35.9 Å². The summed E-state index contributed by atoms with van der Waals surface area (Å²) < 4.78 is 7.55. The van der Waals surface area contributed by atoms with Gasteiger partial charge < -0.3 is 10.5 Å². The van der Waals surface area contributed by atoms with Crippen LogP contribution in [0.5, 0.6) is 5.75 Å². The minimum absolute atomic E-state index is 0.468. The molecule has 0 fully saturated rings. The molecule has 0 spiro atoms. The number of aromatic nitrogens is 2. The summed E-state index contributed by atoms with van der Waals surface area (Å²) in [6, 6.07) is 15.9. The van der Waals surface area contributed by atoms with Gasteiger partial charge in [0.15, 0.2) is 0 Å². The molecule has 1 aromatic heterocycles. The van der Waals surface area contributed by atoms with Crippen molar-refractivity contribution in [3.63, 3.8) is 0 Å². The zero-order valence-corrected chi connectivity index (χ0v) is 14.8. The quantitative estimate of drug-likeness (QED) is 0.774. The number of nitrogens with zero attached hydrogens (tertiary/aromatic N) is 2. The number of hydrogen-bond acceptors (Lipinski definition) is 3. The zero-order valence-electron chi connectivity index (χ0n) is 14.1. The minimum Gasteiger partial charge on any atom is -0.494 e. The first-order valence-electron chi connectivity index (χ1n) is 8.41. The van der Waals surface area contributed by atoms with E-state index >= 15 is 0 Å². The number of ether oxygens (including phenoxy) is 1. The molecule has 1 heterocycles. The summed E-state index contributed by atoms with van der Waals surface area (Å²) in [6.45, 7) is 0.686. The van der Waals surface area contributed by atoms with Crippen molar-refractivity contribution in [2.75, 3.05) is 13.7 Å². The lowest BCUT2D eigenvalue weighted by molar-refractivity contribution is 0.411. The number of hydrogen-bond donors (Lipinski definition) is 1. The van der Waals surface area contributed by atoms with Gasteiger partial charge in [0.1, 0.15) is 11.4 Å². The Bertz CT molecular complexity index is 902. The second-order valence-electron chi connectivity index (χ2n) is 6.37. The molecule has 5 heteroatoms. The maximum absolute atomic E-state index is 6.08. The van der Waals surface area contributed by atoms with Crippen molar-refractivity contribution in [3.8, 4) is 22.7 Å². The van der Waals surface area contributed by atoms with Crippen molar-refractivity contribution in [2.24, 2.45) is 11.7 Å². The van der Waals surface area contributed by atoms with Crippen molar-refractivity contribution in [3.05, 3.63) is 64.8 Å². The highest BCUT2D eigenvalue weighted by Crippen LogP contribution is 2.38. The summed E-state index contributed by atoms with van der Waals surface area (Å²) in [6.07, 6.45) is 1.88. The lowest BCUT2D eigenvalue weighted by Crippen LogP contribution is -2.15. The van der Waals surface area contributed by atoms with E-state index in [0.717, 1.165) is 46.3 Å². The molecule has 0 bridgehead atoms. The van der Waals surface area contributed by atoms with E-state index in [2.05, 4.69) is 0 Å². The van der Waals surface area contributed by atoms with Gasteiger partial charge in [-0.3, -0.25) is 0 Å². The van der Waals surface area contributed by atoms with Gasteiger partial charge in [0.05, 0.1) is 18.5 Å². The van der Waals surface area contributed by atoms with Gasteiger partial charge in [-0.05, 0) is 49.6 Å². The van der Waals surface area contributed by atoms with Crippen molar-refractivity contribution in [2.45, 2.75) is 12.8 Å². The van der Waals surface area contributed by atoms with Gasteiger partial charge in [-0.15, -0.1) is 0 Å². The predicted molar refractivity (Wildman–Crippen MR) is 101 cm³/mol. The number of methoxy groups -OCH3 is 1. The van der Waals surface area contributed by atoms with E-state index in [1.54, 1.807) is 7.11 Å². The second-order valence-corrected chi connectivity index (χ2v) is 6.81. The lowest BCUT2D eigenvalue weighted by Gasteiger charge is -2.14. The van der Waals surface area contributed by atoms with Crippen LogP contribution in [-0.2, 0) is 12.8 Å². The maximum Gasteiger partial charge on any atom is 0.144 e. The Morgan fingerprint density at radius 3 is 2.64 bits per heavy atom. The van der Waals surface area contributed by atoms with Gasteiger partial charge in [0.2, 0.25) is 0 Å². The molecule has 25 heavy (non-hydrogen) atoms. The highest BCUT2D eigenvalue weighted by atomic mass is 35.5. The molecule has 1 unspecified atom stereocenters. The van der Waals surface area contributed by atoms with Crippen molar-refractivity contribution in [1.82, 2.24) is 9.78 Å². The van der Waals surface area contributed by atoms with E-state index in [4.69, 9.17) is 27.2 Å². The third kappa shape index (κ3) is 2.81. The van der Waals surface area contributed by atoms with Crippen molar-refractivity contribution in [1.29, 1.82) is 0 Å². The number of nitrogens with two attached hydrogens (primary N) is 1. The summed E-state index contributed by atoms with van der Waals surface area (Å²) >= 11 is 6.08. The Morgan fingerprint density at radius 2 is 1.92 bits per heavy atom. The number of para-hydroxylation sites is 2. The summed E-state index contributed by atoms with van der Waals surface area (Å²) in [5, 5.41) is 5.64. The molecule has 1 atom stereocenters. The summed E-state index contributed by atoms with van der Waals surface area (Å²) in [5.74, 6) is 1.27. The topological polar surface area (TPSA) is 53.1 Å². The lowest BCUT2D eigenvalue weighted by atomic mass is 10.0. The zero-order chi connectivity index (χ0) is 17.4. The van der Waals surface area contributed by atoms with Crippen LogP contribution < -0.4 is 10.5 Å². The minimum atomic E-state index is 0.468. The fraction of sp³-hybridized carbons (Fsp3) is 0.250. The summed E-state index contributed by atoms with van der Waals surface area (Å²) in [4.78, 5) is 0. The SMILES string of the molecule is COc1ccccc1-n1nc2c(c1-c1ccc(Cl)cc1)CC(CN)C2. The van der Waals surface area contributed by atoms with Gasteiger partial charge >= 0.3 is 0 Å². The second kappa shape index (κ2) is 6.54. The van der Waals surface area contributed by atoms with Crippen LogP contribution in [0.25, 0.3) is 16.9 Å². The van der Waals surface area contributed by atoms with Crippen LogP contribution in [0.3, 0.4) is 0 Å². The normalized spacial score (nSPS) is 16.0. The molecule has 4 rings (SSSR count). The van der Waals surface area contributed by atoms with Gasteiger partial charge in [0, 0.05) is 16.1 Å². The Balaban J connectivity index is 1.92. The molecule has 4 nitrogen and oxygen atoms in total. The van der Waals surface area contributed by atoms with Crippen LogP contribution in [-0.4, -0.2) is 23.4 Å². The molecular formula is C20H20ClN3O. The monoisotopic (exact) mass is 353 g/mol. The smallest absolute Gasteiger partial charge is 0.144 e. The first kappa shape index (κ1) is 16.2. The predicted octanol–water partition coefficient (Wildman–Crippen LogP) is 3.87. The molecule has 2 N–H and O–H groups in total. The molecule has 2 aromatic carbocycles. The average Bonchev–Trinajstić information content (AvgIpc) is 3.20. The molecule has 0 saturated carbocycles. The molecule has 0 aliphatic heterocycles. The van der Waals surface area contributed by atoms with E-state index in [1.165, 1.54) is 5.56 Å². The third-order valence-electron chi connectivity index (χ3n) is 4.81. The van der Waals surface area contributed by atoms with Crippen LogP contribution in [0.2, 0.25) is 5.02 Å². The molecule has 0 radical (unpaired) electrons. The average molecular weight is 354 g/mol. The number of halogens is 1. The standard InChI is InChI=1S/C20H20ClN3O/c1-25-19-5-3-2-4-18(19)24-20(14-6-8-15(21)9-7-14)16-10-13(12-22)11-17(16)23-24/h2-9,13H,10-12,22H2,1H3. The Morgan fingerprint density at radius 1 is 1.16 bits per heavy atom. The summed E-state index contributed by atoms with van der Waals surface area (Å²) in [7, 11) is 1.68. The molecule has 0 saturated heterocycles. The van der Waals surface area contributed by atoms with E-state index < -0.39 is 0 Å². The Kier molecular flexibility index (Phi) is 4.24. The Hall–Kier alpha value is -2.30. The van der Waals surface area contributed by atoms with Crippen LogP contribution in [0, 0.1) is 5.92 Å². The van der Waals surface area contributed by atoms with E-state index in [1.807, 2.05) is 53.2 Å². The molecular weight excluding hydrogens is 334 g/mol. The van der Waals surface area contributed by atoms with Crippen LogP contribution in [0.15, 0.2) is 48.5 Å². The van der Waals surface area contributed by atoms with E-state index in [9.17, 15) is 0 Å². The van der Waals surface area contributed by atoms with Gasteiger partial charge in [-0.25, -0.2) is 4.68 Å². The number of benzene rings is 2. The number of fused-ring (bicyclic) bond motifs is 1. The third-order valence-corrected chi connectivity index (χ3v) is 5.06. The van der Waals surface area contributed by atoms with Crippen molar-refractivity contribution >= 4 is 11.6 Å². The van der Waals surface area contributed by atoms with Crippen molar-refractivity contribution < 1.29 is 4.74 Å². The van der Waals surface area contributed by atoms with Crippen LogP contribution in [0.4, 0.5) is 0 Å². The van der Waals surface area contributed by atoms with Gasteiger partial charge in [0.25, 0.3) is 0 Å². The highest BCUT2D eigenvalue weighted by molar-refractivity contribution is 6.30. The molecule has 1 aliphatic rings. The number of rotatable bonds is 4. The molecule has 0 amide bonds. The molecule has 128 valence electrons. The maximum atomic E-state index is 6.08. The van der Waals surface area contributed by atoms with Crippen LogP contribution in [0.1, 0.15) is 11.3 Å². The largest absolute Gasteiger partial charge is 0.494 e. The fourth-order valence-corrected chi connectivity index (χ4v) is 3.68. The first-order chi connectivity index (χ1) is 12.2. The van der Waals surface area contributed by atoms with Gasteiger partial charge in [-0.2, -0.15) is 5.10 Å². The van der Waals surface area contributed by atoms with E-state index in [-0.39, 0.29) is 0 Å². The van der Waals surface area contributed by atoms with Crippen LogP contribution >= 0.6 is 11.6 Å². The molecule has 1 aliphatic carbocycles. The molecule has 3 aromatic rings.